The Balaban J connectivity index is 1.76. The zero-order valence-corrected chi connectivity index (χ0v) is 11.5. The standard InChI is InChI=1S/C16H12N2O4/c19-13-7-11(15(21)17-13)5-9-2-1-3-10(4-9)6-12-8-14(20)18-16(12)22/h1-4,7-8H,5-6H2,(H,17,19,21)(H,18,20,22). The lowest BCUT2D eigenvalue weighted by Crippen LogP contribution is -2.22. The molecule has 4 amide bonds. The van der Waals surface area contributed by atoms with Crippen molar-refractivity contribution in [2.24, 2.45) is 0 Å². The summed E-state index contributed by atoms with van der Waals surface area (Å²) in [6.07, 6.45) is 3.27. The van der Waals surface area contributed by atoms with Gasteiger partial charge in [0.1, 0.15) is 0 Å². The summed E-state index contributed by atoms with van der Waals surface area (Å²) < 4.78 is 0. The zero-order chi connectivity index (χ0) is 15.7. The van der Waals surface area contributed by atoms with Crippen LogP contribution in [0.3, 0.4) is 0 Å². The molecule has 0 spiro atoms. The van der Waals surface area contributed by atoms with E-state index in [0.29, 0.717) is 24.0 Å². The molecule has 6 nitrogen and oxygen atoms in total. The van der Waals surface area contributed by atoms with Crippen molar-refractivity contribution in [3.05, 3.63) is 58.7 Å². The van der Waals surface area contributed by atoms with Gasteiger partial charge in [-0.25, -0.2) is 0 Å². The molecule has 0 aromatic heterocycles. The molecule has 22 heavy (non-hydrogen) atoms. The molecule has 3 rings (SSSR count). The van der Waals surface area contributed by atoms with Gasteiger partial charge in [-0.3, -0.25) is 29.8 Å². The molecule has 1 aromatic rings. The van der Waals surface area contributed by atoms with E-state index in [1.165, 1.54) is 12.2 Å². The fourth-order valence-electron chi connectivity index (χ4n) is 2.46. The Morgan fingerprint density at radius 3 is 1.55 bits per heavy atom. The Morgan fingerprint density at radius 1 is 0.727 bits per heavy atom. The number of imide groups is 2. The van der Waals surface area contributed by atoms with Gasteiger partial charge in [-0.05, 0) is 11.1 Å². The first-order valence-electron chi connectivity index (χ1n) is 6.71. The van der Waals surface area contributed by atoms with Gasteiger partial charge >= 0.3 is 0 Å². The fraction of sp³-hybridized carbons (Fsp3) is 0.125. The van der Waals surface area contributed by atoms with Gasteiger partial charge in [-0.15, -0.1) is 0 Å². The smallest absolute Gasteiger partial charge is 0.254 e. The maximum absolute atomic E-state index is 11.5. The molecule has 2 N–H and O–H groups in total. The van der Waals surface area contributed by atoms with E-state index < -0.39 is 11.8 Å². The molecule has 110 valence electrons. The second-order valence-corrected chi connectivity index (χ2v) is 5.15. The predicted octanol–water partition coefficient (Wildman–Crippen LogP) is -0.0628. The number of benzene rings is 1. The van der Waals surface area contributed by atoms with Crippen LogP contribution in [0.15, 0.2) is 47.6 Å². The highest BCUT2D eigenvalue weighted by atomic mass is 16.2. The second kappa shape index (κ2) is 5.40. The Hall–Kier alpha value is -3.02. The third-order valence-electron chi connectivity index (χ3n) is 3.45. The number of carbonyl (C=O) groups excluding carboxylic acids is 4. The normalized spacial score (nSPS) is 17.3. The summed E-state index contributed by atoms with van der Waals surface area (Å²) in [5.74, 6) is -1.55. The topological polar surface area (TPSA) is 92.3 Å². The molecule has 0 aliphatic carbocycles. The average Bonchev–Trinajstić information content (AvgIpc) is 2.92. The lowest BCUT2D eigenvalue weighted by atomic mass is 9.99. The summed E-state index contributed by atoms with van der Waals surface area (Å²) in [5.41, 5.74) is 2.54. The number of hydrogen-bond donors (Lipinski definition) is 2. The van der Waals surface area contributed by atoms with E-state index in [2.05, 4.69) is 10.6 Å². The summed E-state index contributed by atoms with van der Waals surface area (Å²) in [5, 5.41) is 4.40. The van der Waals surface area contributed by atoms with Crippen LogP contribution in [0.2, 0.25) is 0 Å². The number of carbonyl (C=O) groups is 4. The molecule has 0 unspecified atom stereocenters. The van der Waals surface area contributed by atoms with Crippen molar-refractivity contribution in [1.29, 1.82) is 0 Å². The first kappa shape index (κ1) is 13.9. The highest BCUT2D eigenvalue weighted by Crippen LogP contribution is 2.17. The van der Waals surface area contributed by atoms with Crippen molar-refractivity contribution >= 4 is 23.6 Å². The van der Waals surface area contributed by atoms with E-state index in [0.717, 1.165) is 11.1 Å². The zero-order valence-electron chi connectivity index (χ0n) is 11.5. The van der Waals surface area contributed by atoms with E-state index in [9.17, 15) is 19.2 Å². The Labute approximate surface area is 125 Å². The van der Waals surface area contributed by atoms with Gasteiger partial charge in [-0.2, -0.15) is 0 Å². The first-order chi connectivity index (χ1) is 10.5. The molecule has 0 radical (unpaired) electrons. The molecule has 6 heteroatoms. The molecule has 0 atom stereocenters. The van der Waals surface area contributed by atoms with Crippen molar-refractivity contribution in [3.63, 3.8) is 0 Å². The summed E-state index contributed by atoms with van der Waals surface area (Å²) in [7, 11) is 0. The number of hydrogen-bond acceptors (Lipinski definition) is 4. The van der Waals surface area contributed by atoms with E-state index >= 15 is 0 Å². The van der Waals surface area contributed by atoms with Gasteiger partial charge in [0.25, 0.3) is 23.6 Å². The van der Waals surface area contributed by atoms with E-state index in [-0.39, 0.29) is 11.8 Å². The van der Waals surface area contributed by atoms with Gasteiger partial charge in [-0.1, -0.05) is 24.3 Å². The van der Waals surface area contributed by atoms with Crippen LogP contribution in [0.4, 0.5) is 0 Å². The Kier molecular flexibility index (Phi) is 3.42. The van der Waals surface area contributed by atoms with Crippen LogP contribution < -0.4 is 10.6 Å². The monoisotopic (exact) mass is 296 g/mol. The summed E-state index contributed by atoms with van der Waals surface area (Å²) in [6, 6.07) is 7.35. The summed E-state index contributed by atoms with van der Waals surface area (Å²) in [4.78, 5) is 45.3. The van der Waals surface area contributed by atoms with Gasteiger partial charge < -0.3 is 0 Å². The minimum atomic E-state index is -0.401. The number of rotatable bonds is 4. The van der Waals surface area contributed by atoms with Crippen LogP contribution in [0, 0.1) is 0 Å². The largest absolute Gasteiger partial charge is 0.289 e. The molecule has 0 saturated heterocycles. The van der Waals surface area contributed by atoms with Gasteiger partial charge in [0, 0.05) is 36.1 Å². The van der Waals surface area contributed by atoms with E-state index in [1.54, 1.807) is 0 Å². The molecular weight excluding hydrogens is 284 g/mol. The third kappa shape index (κ3) is 2.85. The van der Waals surface area contributed by atoms with Gasteiger partial charge in [0.15, 0.2) is 0 Å². The van der Waals surface area contributed by atoms with Crippen LogP contribution in [0.1, 0.15) is 11.1 Å². The van der Waals surface area contributed by atoms with Gasteiger partial charge in [0.2, 0.25) is 0 Å². The van der Waals surface area contributed by atoms with E-state index in [1.807, 2.05) is 24.3 Å². The predicted molar refractivity (Wildman–Crippen MR) is 76.3 cm³/mol. The van der Waals surface area contributed by atoms with Crippen LogP contribution in [-0.2, 0) is 32.0 Å². The lowest BCUT2D eigenvalue weighted by molar-refractivity contribution is -0.125. The van der Waals surface area contributed by atoms with Crippen molar-refractivity contribution < 1.29 is 19.2 Å². The molecule has 1 aromatic carbocycles. The number of amides is 4. The maximum atomic E-state index is 11.5. The highest BCUT2D eigenvalue weighted by Gasteiger charge is 2.22. The van der Waals surface area contributed by atoms with Crippen LogP contribution >= 0.6 is 0 Å². The molecule has 0 saturated carbocycles. The fourth-order valence-corrected chi connectivity index (χ4v) is 2.46. The Bertz CT molecular complexity index is 713. The minimum Gasteiger partial charge on any atom is -0.289 e. The van der Waals surface area contributed by atoms with Crippen LogP contribution in [0.25, 0.3) is 0 Å². The van der Waals surface area contributed by atoms with Crippen LogP contribution in [-0.4, -0.2) is 23.6 Å². The number of nitrogens with one attached hydrogen (secondary N) is 2. The maximum Gasteiger partial charge on any atom is 0.254 e. The van der Waals surface area contributed by atoms with Crippen molar-refractivity contribution in [1.82, 2.24) is 10.6 Å². The molecule has 0 bridgehead atoms. The van der Waals surface area contributed by atoms with Crippen molar-refractivity contribution in [3.8, 4) is 0 Å². The molecular formula is C16H12N2O4. The highest BCUT2D eigenvalue weighted by molar-refractivity contribution is 6.17. The third-order valence-corrected chi connectivity index (χ3v) is 3.45. The quantitative estimate of drug-likeness (QED) is 0.761. The molecule has 2 aliphatic heterocycles. The molecule has 0 fully saturated rings. The van der Waals surface area contributed by atoms with E-state index in [4.69, 9.17) is 0 Å². The first-order valence-corrected chi connectivity index (χ1v) is 6.71. The molecule has 2 heterocycles. The van der Waals surface area contributed by atoms with Crippen molar-refractivity contribution in [2.75, 3.05) is 0 Å². The summed E-state index contributed by atoms with van der Waals surface area (Å²) in [6.45, 7) is 0. The lowest BCUT2D eigenvalue weighted by Gasteiger charge is -2.05. The molecule has 2 aliphatic rings. The summed E-state index contributed by atoms with van der Waals surface area (Å²) >= 11 is 0. The van der Waals surface area contributed by atoms with Gasteiger partial charge in [0.05, 0.1) is 0 Å². The van der Waals surface area contributed by atoms with Crippen molar-refractivity contribution in [2.45, 2.75) is 12.8 Å². The Morgan fingerprint density at radius 2 is 1.18 bits per heavy atom. The SMILES string of the molecule is O=C1C=C(Cc2cccc(CC3=CC(=O)NC3=O)c2)C(=O)N1. The second-order valence-electron chi connectivity index (χ2n) is 5.15. The minimum absolute atomic E-state index is 0.343. The van der Waals surface area contributed by atoms with Crippen LogP contribution in [0.5, 0.6) is 0 Å². The average molecular weight is 296 g/mol.